The molecule has 0 radical (unpaired) electrons. The number of nitrogens with one attached hydrogen (secondary N) is 1. The van der Waals surface area contributed by atoms with Gasteiger partial charge in [-0.15, -0.1) is 0 Å². The SMILES string of the molecule is CCN1CCN(CCCN2C(=O)c3cc4oc(C)cc4n3CC2(C)C(=O)NC2CCCCC2)CC1. The summed E-state index contributed by atoms with van der Waals surface area (Å²) in [6.07, 6.45) is 6.48. The molecule has 2 amide bonds. The van der Waals surface area contributed by atoms with E-state index in [1.165, 1.54) is 6.42 Å². The van der Waals surface area contributed by atoms with Crippen molar-refractivity contribution < 1.29 is 14.0 Å². The van der Waals surface area contributed by atoms with Gasteiger partial charge in [0.05, 0.1) is 12.1 Å². The number of hydrogen-bond donors (Lipinski definition) is 1. The zero-order valence-electron chi connectivity index (χ0n) is 21.6. The first-order valence-corrected chi connectivity index (χ1v) is 13.6. The van der Waals surface area contributed by atoms with Crippen LogP contribution in [0.4, 0.5) is 0 Å². The molecular formula is C27H41N5O3. The highest BCUT2D eigenvalue weighted by atomic mass is 16.3. The van der Waals surface area contributed by atoms with Crippen LogP contribution in [0, 0.1) is 6.92 Å². The average Bonchev–Trinajstić information content (AvgIpc) is 3.38. The summed E-state index contributed by atoms with van der Waals surface area (Å²) in [4.78, 5) is 34.4. The van der Waals surface area contributed by atoms with Crippen LogP contribution in [0.15, 0.2) is 16.5 Å². The molecule has 192 valence electrons. The minimum Gasteiger partial charge on any atom is -0.460 e. The number of aryl methyl sites for hydroxylation is 1. The molecule has 1 unspecified atom stereocenters. The van der Waals surface area contributed by atoms with E-state index in [1.54, 1.807) is 0 Å². The summed E-state index contributed by atoms with van der Waals surface area (Å²) < 4.78 is 7.83. The van der Waals surface area contributed by atoms with Gasteiger partial charge in [-0.25, -0.2) is 0 Å². The predicted octanol–water partition coefficient (Wildman–Crippen LogP) is 3.23. The van der Waals surface area contributed by atoms with Gasteiger partial charge in [0.2, 0.25) is 5.91 Å². The van der Waals surface area contributed by atoms with Crippen molar-refractivity contribution in [1.82, 2.24) is 24.6 Å². The molecule has 8 nitrogen and oxygen atoms in total. The van der Waals surface area contributed by atoms with Crippen LogP contribution in [0.25, 0.3) is 11.1 Å². The Kier molecular flexibility index (Phi) is 6.95. The molecule has 1 aliphatic carbocycles. The van der Waals surface area contributed by atoms with Gasteiger partial charge < -0.3 is 29.0 Å². The first kappa shape index (κ1) is 24.4. The van der Waals surface area contributed by atoms with Gasteiger partial charge in [-0.05, 0) is 46.2 Å². The molecule has 2 aromatic heterocycles. The van der Waals surface area contributed by atoms with Crippen molar-refractivity contribution in [2.45, 2.75) is 77.4 Å². The molecule has 1 saturated carbocycles. The van der Waals surface area contributed by atoms with E-state index in [0.717, 1.165) is 88.2 Å². The topological polar surface area (TPSA) is 74.0 Å². The highest BCUT2D eigenvalue weighted by molar-refractivity contribution is 6.03. The molecule has 2 fully saturated rings. The molecule has 1 N–H and O–H groups in total. The number of aromatic nitrogens is 1. The summed E-state index contributed by atoms with van der Waals surface area (Å²) in [6, 6.07) is 4.03. The first-order chi connectivity index (χ1) is 16.9. The van der Waals surface area contributed by atoms with Crippen molar-refractivity contribution in [3.63, 3.8) is 0 Å². The van der Waals surface area contributed by atoms with Gasteiger partial charge in [0, 0.05) is 50.9 Å². The second kappa shape index (κ2) is 9.97. The van der Waals surface area contributed by atoms with Gasteiger partial charge in [0.15, 0.2) is 5.58 Å². The van der Waals surface area contributed by atoms with Crippen molar-refractivity contribution in [3.05, 3.63) is 23.6 Å². The van der Waals surface area contributed by atoms with E-state index in [4.69, 9.17) is 4.42 Å². The van der Waals surface area contributed by atoms with E-state index in [2.05, 4.69) is 22.0 Å². The maximum atomic E-state index is 13.8. The summed E-state index contributed by atoms with van der Waals surface area (Å²) >= 11 is 0. The summed E-state index contributed by atoms with van der Waals surface area (Å²) in [7, 11) is 0. The molecule has 2 aromatic rings. The Labute approximate surface area is 208 Å². The van der Waals surface area contributed by atoms with E-state index >= 15 is 0 Å². The maximum absolute atomic E-state index is 13.8. The van der Waals surface area contributed by atoms with Gasteiger partial charge in [-0.3, -0.25) is 9.59 Å². The Morgan fingerprint density at radius 3 is 2.51 bits per heavy atom. The van der Waals surface area contributed by atoms with Gasteiger partial charge in [-0.1, -0.05) is 26.2 Å². The van der Waals surface area contributed by atoms with Crippen LogP contribution in [0.2, 0.25) is 0 Å². The Hall–Kier alpha value is -2.32. The highest BCUT2D eigenvalue weighted by Gasteiger charge is 2.48. The lowest BCUT2D eigenvalue weighted by Crippen LogP contribution is -2.65. The lowest BCUT2D eigenvalue weighted by atomic mass is 9.91. The van der Waals surface area contributed by atoms with Crippen molar-refractivity contribution in [2.75, 3.05) is 45.8 Å². The number of hydrogen-bond acceptors (Lipinski definition) is 5. The number of amides is 2. The molecule has 3 aliphatic rings. The zero-order chi connectivity index (χ0) is 24.6. The average molecular weight is 484 g/mol. The summed E-state index contributed by atoms with van der Waals surface area (Å²) in [5, 5.41) is 3.32. The van der Waals surface area contributed by atoms with Gasteiger partial charge >= 0.3 is 0 Å². The molecule has 5 rings (SSSR count). The predicted molar refractivity (Wildman–Crippen MR) is 137 cm³/mol. The lowest BCUT2D eigenvalue weighted by molar-refractivity contribution is -0.133. The van der Waals surface area contributed by atoms with E-state index in [9.17, 15) is 9.59 Å². The van der Waals surface area contributed by atoms with E-state index < -0.39 is 5.54 Å². The summed E-state index contributed by atoms with van der Waals surface area (Å²) in [6.45, 7) is 13.5. The summed E-state index contributed by atoms with van der Waals surface area (Å²) in [5.74, 6) is 0.719. The number of fused-ring (bicyclic) bond motifs is 3. The largest absolute Gasteiger partial charge is 0.460 e. The van der Waals surface area contributed by atoms with Crippen LogP contribution in [-0.2, 0) is 11.3 Å². The first-order valence-electron chi connectivity index (χ1n) is 13.6. The van der Waals surface area contributed by atoms with Gasteiger partial charge in [0.25, 0.3) is 5.91 Å². The molecule has 0 aromatic carbocycles. The molecule has 1 saturated heterocycles. The number of furan rings is 1. The smallest absolute Gasteiger partial charge is 0.271 e. The summed E-state index contributed by atoms with van der Waals surface area (Å²) in [5.41, 5.74) is 1.31. The van der Waals surface area contributed by atoms with Gasteiger partial charge in [0.1, 0.15) is 17.0 Å². The Morgan fingerprint density at radius 1 is 1.09 bits per heavy atom. The minimum absolute atomic E-state index is 0.0259. The van der Waals surface area contributed by atoms with Crippen LogP contribution in [0.3, 0.4) is 0 Å². The minimum atomic E-state index is -0.931. The Bertz CT molecular complexity index is 1060. The lowest BCUT2D eigenvalue weighted by Gasteiger charge is -2.45. The molecular weight excluding hydrogens is 442 g/mol. The quantitative estimate of drug-likeness (QED) is 0.655. The number of carbonyl (C=O) groups is 2. The monoisotopic (exact) mass is 483 g/mol. The third-order valence-corrected chi connectivity index (χ3v) is 8.44. The van der Waals surface area contributed by atoms with Crippen molar-refractivity contribution >= 4 is 22.9 Å². The molecule has 8 heteroatoms. The third-order valence-electron chi connectivity index (χ3n) is 8.44. The normalized spacial score (nSPS) is 24.8. The van der Waals surface area contributed by atoms with Crippen molar-refractivity contribution in [1.29, 1.82) is 0 Å². The fraction of sp³-hybridized carbons (Fsp3) is 0.704. The fourth-order valence-corrected chi connectivity index (χ4v) is 6.18. The van der Waals surface area contributed by atoms with Crippen LogP contribution in [0.5, 0.6) is 0 Å². The molecule has 35 heavy (non-hydrogen) atoms. The number of rotatable bonds is 7. The van der Waals surface area contributed by atoms with Gasteiger partial charge in [-0.2, -0.15) is 0 Å². The van der Waals surface area contributed by atoms with E-state index in [1.807, 2.05) is 35.4 Å². The Morgan fingerprint density at radius 2 is 1.80 bits per heavy atom. The number of carbonyl (C=O) groups excluding carboxylic acids is 2. The molecule has 2 aliphatic heterocycles. The van der Waals surface area contributed by atoms with Crippen molar-refractivity contribution in [2.24, 2.45) is 0 Å². The highest BCUT2D eigenvalue weighted by Crippen LogP contribution is 2.34. The fourth-order valence-electron chi connectivity index (χ4n) is 6.18. The van der Waals surface area contributed by atoms with Crippen LogP contribution >= 0.6 is 0 Å². The standard InChI is InChI=1S/C27H41N5O3/c1-4-29-13-15-30(16-14-29)11-8-12-32-25(33)23-18-24-22(17-20(2)35-24)31(23)19-27(32,3)26(34)28-21-9-6-5-7-10-21/h17-18,21H,4-16,19H2,1-3H3,(H,28,34). The third kappa shape index (κ3) is 4.75. The van der Waals surface area contributed by atoms with E-state index in [-0.39, 0.29) is 17.9 Å². The molecule has 0 spiro atoms. The van der Waals surface area contributed by atoms with Crippen LogP contribution in [0.1, 0.15) is 68.6 Å². The second-order valence-corrected chi connectivity index (χ2v) is 10.9. The number of nitrogens with zero attached hydrogens (tertiary/aromatic N) is 4. The Balaban J connectivity index is 1.35. The van der Waals surface area contributed by atoms with Crippen LogP contribution in [-0.4, -0.2) is 88.5 Å². The van der Waals surface area contributed by atoms with E-state index in [0.29, 0.717) is 18.8 Å². The number of piperazine rings is 1. The van der Waals surface area contributed by atoms with Crippen LogP contribution < -0.4 is 5.32 Å². The number of likely N-dealkylation sites (N-methyl/N-ethyl adjacent to an activating group) is 1. The maximum Gasteiger partial charge on any atom is 0.271 e. The molecule has 1 atom stereocenters. The van der Waals surface area contributed by atoms with Crippen molar-refractivity contribution in [3.8, 4) is 0 Å². The zero-order valence-corrected chi connectivity index (χ0v) is 21.6. The second-order valence-electron chi connectivity index (χ2n) is 10.9. The molecule has 4 heterocycles. The molecule has 0 bridgehead atoms.